The van der Waals surface area contributed by atoms with Crippen LogP contribution in [-0.2, 0) is 9.59 Å². The average Bonchev–Trinajstić information content (AvgIpc) is 3.29. The summed E-state index contributed by atoms with van der Waals surface area (Å²) in [6.45, 7) is 2.17. The molecule has 0 saturated carbocycles. The number of carbonyl (C=O) groups excluding carboxylic acids is 1. The van der Waals surface area contributed by atoms with E-state index in [-0.39, 0.29) is 46.6 Å². The number of hydrogen-bond acceptors (Lipinski definition) is 9. The molecule has 0 aliphatic heterocycles. The number of anilines is 2. The molecule has 0 aliphatic rings. The fourth-order valence-corrected chi connectivity index (χ4v) is 4.38. The van der Waals surface area contributed by atoms with Crippen LogP contribution in [0.15, 0.2) is 42.9 Å². The number of amides is 2. The summed E-state index contributed by atoms with van der Waals surface area (Å²) < 4.78 is 16.2. The van der Waals surface area contributed by atoms with E-state index in [1.165, 1.54) is 12.4 Å². The molecule has 3 aromatic heterocycles. The molecule has 0 aliphatic carbocycles. The molecule has 2 amide bonds. The van der Waals surface area contributed by atoms with E-state index < -0.39 is 36.2 Å². The number of halogens is 1. The number of nitrogens with one attached hydrogen (secondary N) is 3. The van der Waals surface area contributed by atoms with Crippen LogP contribution >= 0.6 is 11.3 Å². The third-order valence-electron chi connectivity index (χ3n) is 5.05. The molecule has 12 nitrogen and oxygen atoms in total. The Morgan fingerprint density at radius 1 is 1.11 bits per heavy atom. The van der Waals surface area contributed by atoms with E-state index in [1.807, 2.05) is 0 Å². The summed E-state index contributed by atoms with van der Waals surface area (Å²) >= 11 is 1.10. The van der Waals surface area contributed by atoms with Crippen molar-refractivity contribution < 1.29 is 29.0 Å². The van der Waals surface area contributed by atoms with Crippen molar-refractivity contribution in [3.63, 3.8) is 0 Å². The Morgan fingerprint density at radius 3 is 2.45 bits per heavy atom. The Balaban J connectivity index is 0.00000400. The van der Waals surface area contributed by atoms with Crippen LogP contribution in [0.4, 0.5) is 20.3 Å². The molecule has 0 fully saturated rings. The van der Waals surface area contributed by atoms with Crippen LogP contribution in [0, 0.1) is 5.82 Å². The second kappa shape index (κ2) is 12.4. The van der Waals surface area contributed by atoms with Gasteiger partial charge in [-0.2, -0.15) is 0 Å². The van der Waals surface area contributed by atoms with E-state index in [2.05, 4.69) is 35.9 Å². The van der Waals surface area contributed by atoms with Gasteiger partial charge in [-0.3, -0.25) is 15.1 Å². The average molecular weight is 533 g/mol. The molecule has 4 rings (SSSR count). The van der Waals surface area contributed by atoms with E-state index in [0.29, 0.717) is 22.5 Å². The second-order valence-corrected chi connectivity index (χ2v) is 8.61. The van der Waals surface area contributed by atoms with E-state index in [4.69, 9.17) is 5.11 Å². The summed E-state index contributed by atoms with van der Waals surface area (Å²) in [5.74, 6) is -3.50. The van der Waals surface area contributed by atoms with Gasteiger partial charge in [-0.25, -0.2) is 28.9 Å². The van der Waals surface area contributed by atoms with E-state index in [0.717, 1.165) is 11.3 Å². The zero-order valence-electron chi connectivity index (χ0n) is 19.2. The van der Waals surface area contributed by atoms with Gasteiger partial charge in [0.15, 0.2) is 10.9 Å². The van der Waals surface area contributed by atoms with Gasteiger partial charge >= 0.3 is 36.8 Å². The molecular formula is C23H21FLiN7O5S. The number of carboxylic acids is 2. The van der Waals surface area contributed by atoms with Gasteiger partial charge < -0.3 is 20.8 Å². The molecule has 0 bridgehead atoms. The Bertz CT molecular complexity index is 1470. The number of carboxylic acid groups (broad SMARTS) is 2. The van der Waals surface area contributed by atoms with Gasteiger partial charge in [-0.1, -0.05) is 17.4 Å². The van der Waals surface area contributed by atoms with Crippen LogP contribution in [-0.4, -0.2) is 79.6 Å². The van der Waals surface area contributed by atoms with Crippen molar-refractivity contribution in [2.75, 3.05) is 17.2 Å². The van der Waals surface area contributed by atoms with E-state index in [1.54, 1.807) is 37.4 Å². The molecule has 192 valence electrons. The minimum atomic E-state index is -1.45. The number of fused-ring (bicyclic) bond motifs is 1. The second-order valence-electron chi connectivity index (χ2n) is 7.61. The van der Waals surface area contributed by atoms with Crippen molar-refractivity contribution >= 4 is 69.5 Å². The van der Waals surface area contributed by atoms with Crippen LogP contribution < -0.4 is 16.0 Å². The maximum atomic E-state index is 15.7. The van der Waals surface area contributed by atoms with Gasteiger partial charge in [0, 0.05) is 41.8 Å². The summed E-state index contributed by atoms with van der Waals surface area (Å²) in [6.07, 6.45) is 3.47. The first-order valence-corrected chi connectivity index (χ1v) is 11.7. The SMILES string of the molecule is CCNC(=O)Nc1nc2c(F)c(-c3cnc(N[C@@H](CC(=O)O)C(=O)O)nc3)cc(-c3ccccn3)c2s1.[LiH]. The van der Waals surface area contributed by atoms with Gasteiger partial charge in [0.25, 0.3) is 0 Å². The van der Waals surface area contributed by atoms with Crippen molar-refractivity contribution in [1.82, 2.24) is 25.3 Å². The molecule has 3 heterocycles. The van der Waals surface area contributed by atoms with Crippen LogP contribution in [0.2, 0.25) is 0 Å². The number of aromatic nitrogens is 4. The third kappa shape index (κ3) is 6.41. The van der Waals surface area contributed by atoms with Gasteiger partial charge in [0.1, 0.15) is 11.6 Å². The molecule has 5 N–H and O–H groups in total. The van der Waals surface area contributed by atoms with Crippen molar-refractivity contribution in [2.45, 2.75) is 19.4 Å². The first-order valence-electron chi connectivity index (χ1n) is 10.9. The van der Waals surface area contributed by atoms with Crippen LogP contribution in [0.3, 0.4) is 0 Å². The predicted octanol–water partition coefficient (Wildman–Crippen LogP) is 2.79. The maximum absolute atomic E-state index is 15.7. The number of aliphatic carboxylic acids is 2. The number of nitrogens with zero attached hydrogens (tertiary/aromatic N) is 4. The summed E-state index contributed by atoms with van der Waals surface area (Å²) in [7, 11) is 0. The minimum absolute atomic E-state index is 0. The third-order valence-corrected chi connectivity index (χ3v) is 6.05. The Morgan fingerprint density at radius 2 is 1.84 bits per heavy atom. The standard InChI is InChI=1S/C23H20FN7O5S.Li.H/c1-2-25-22(36)31-23-30-18-17(24)12(7-13(19(18)37-23)14-5-3-4-6-26-14)11-9-27-21(28-10-11)29-15(20(34)35)8-16(32)33;;/h3-7,9-10,15H,2,8H2,1H3,(H,32,33)(H,34,35)(H,27,28,29)(H2,25,30,31,36);;/t15-;;/m0../s1. The number of thiazole rings is 1. The Hall–Kier alpha value is -4.12. The molecule has 0 unspecified atom stereocenters. The molecule has 0 radical (unpaired) electrons. The summed E-state index contributed by atoms with van der Waals surface area (Å²) in [6, 6.07) is 4.94. The van der Waals surface area contributed by atoms with Crippen LogP contribution in [0.1, 0.15) is 13.3 Å². The van der Waals surface area contributed by atoms with Gasteiger partial charge in [-0.15, -0.1) is 0 Å². The van der Waals surface area contributed by atoms with Crippen molar-refractivity contribution in [2.24, 2.45) is 0 Å². The molecule has 1 atom stereocenters. The zero-order chi connectivity index (χ0) is 26.5. The fraction of sp³-hybridized carbons (Fsp3) is 0.174. The van der Waals surface area contributed by atoms with Gasteiger partial charge in [-0.05, 0) is 25.1 Å². The summed E-state index contributed by atoms with van der Waals surface area (Å²) in [5, 5.41) is 25.9. The molecule has 15 heteroatoms. The molecule has 4 aromatic rings. The number of pyridine rings is 1. The van der Waals surface area contributed by atoms with E-state index in [9.17, 15) is 19.5 Å². The van der Waals surface area contributed by atoms with Gasteiger partial charge in [0.2, 0.25) is 5.95 Å². The monoisotopic (exact) mass is 533 g/mol. The molecule has 38 heavy (non-hydrogen) atoms. The first-order chi connectivity index (χ1) is 17.8. The van der Waals surface area contributed by atoms with Crippen LogP contribution in [0.5, 0.6) is 0 Å². The number of rotatable bonds is 9. The van der Waals surface area contributed by atoms with E-state index >= 15 is 4.39 Å². The number of benzene rings is 1. The Labute approximate surface area is 230 Å². The topological polar surface area (TPSA) is 179 Å². The quantitative estimate of drug-likeness (QED) is 0.201. The predicted molar refractivity (Wildman–Crippen MR) is 141 cm³/mol. The zero-order valence-corrected chi connectivity index (χ0v) is 20.0. The number of carbonyl (C=O) groups is 3. The van der Waals surface area contributed by atoms with Crippen molar-refractivity contribution in [3.05, 3.63) is 48.7 Å². The normalized spacial score (nSPS) is 11.3. The fourth-order valence-electron chi connectivity index (χ4n) is 3.40. The van der Waals surface area contributed by atoms with Crippen LogP contribution in [0.25, 0.3) is 32.6 Å². The first kappa shape index (κ1) is 28.4. The summed E-state index contributed by atoms with van der Waals surface area (Å²) in [4.78, 5) is 50.9. The molecule has 1 aromatic carbocycles. The van der Waals surface area contributed by atoms with Crippen molar-refractivity contribution in [3.8, 4) is 22.4 Å². The van der Waals surface area contributed by atoms with Gasteiger partial charge in [0.05, 0.1) is 16.8 Å². The number of hydrogen-bond donors (Lipinski definition) is 5. The Kier molecular flexibility index (Phi) is 9.29. The number of urea groups is 1. The molecular weight excluding hydrogens is 512 g/mol. The summed E-state index contributed by atoms with van der Waals surface area (Å²) in [5.41, 5.74) is 1.51. The van der Waals surface area contributed by atoms with Crippen molar-refractivity contribution in [1.29, 1.82) is 0 Å². The molecule has 0 spiro atoms. The molecule has 0 saturated heterocycles.